The molecule has 0 unspecified atom stereocenters. The molecule has 0 N–H and O–H groups in total. The van der Waals surface area contributed by atoms with Crippen LogP contribution in [-0.4, -0.2) is 36.3 Å². The molecule has 3 aromatic rings. The molecule has 34 heavy (non-hydrogen) atoms. The van der Waals surface area contributed by atoms with E-state index in [-0.39, 0.29) is 11.8 Å². The number of aromatic nitrogens is 1. The number of benzene rings is 2. The molecule has 0 spiro atoms. The maximum absolute atomic E-state index is 13.3. The normalized spacial score (nSPS) is 16.0. The Morgan fingerprint density at radius 1 is 0.941 bits per heavy atom. The molecule has 4 rings (SSSR count). The molecule has 0 aliphatic carbocycles. The predicted molar refractivity (Wildman–Crippen MR) is 133 cm³/mol. The highest BCUT2D eigenvalue weighted by atomic mass is 32.2. The van der Waals surface area contributed by atoms with Gasteiger partial charge in [-0.2, -0.15) is 9.30 Å². The average molecular weight is 478 g/mol. The molecule has 6 nitrogen and oxygen atoms in total. The molecule has 1 aromatic heterocycles. The van der Waals surface area contributed by atoms with Crippen LogP contribution < -0.4 is 5.49 Å². The molecule has 2 aromatic carbocycles. The van der Waals surface area contributed by atoms with Crippen LogP contribution in [-0.2, 0) is 21.4 Å². The van der Waals surface area contributed by atoms with Crippen LogP contribution in [0.3, 0.4) is 0 Å². The molecule has 0 saturated carbocycles. The second kappa shape index (κ2) is 10.1. The second-order valence-corrected chi connectivity index (χ2v) is 10.9. The number of carbonyl (C=O) groups is 1. The van der Waals surface area contributed by atoms with E-state index in [1.54, 1.807) is 0 Å². The first-order valence-electron chi connectivity index (χ1n) is 11.6. The fourth-order valence-corrected chi connectivity index (χ4v) is 6.61. The minimum absolute atomic E-state index is 0.187. The van der Waals surface area contributed by atoms with Crippen LogP contribution in [0.25, 0.3) is 0 Å². The highest BCUT2D eigenvalue weighted by Gasteiger charge is 2.33. The Labute approximate surface area is 201 Å². The lowest BCUT2D eigenvalue weighted by Gasteiger charge is -2.30. The highest BCUT2D eigenvalue weighted by molar-refractivity contribution is 7.89. The van der Waals surface area contributed by atoms with Crippen LogP contribution in [0.4, 0.5) is 0 Å². The summed E-state index contributed by atoms with van der Waals surface area (Å²) in [5.41, 5.74) is 4.31. The van der Waals surface area contributed by atoms with Crippen LogP contribution in [0.15, 0.2) is 76.7 Å². The number of hydrogen-bond acceptors (Lipinski definition) is 3. The number of carbonyl (C=O) groups excluding carboxylic acids is 1. The molecule has 1 amide bonds. The van der Waals surface area contributed by atoms with Crippen molar-refractivity contribution in [1.29, 1.82) is 0 Å². The lowest BCUT2D eigenvalue weighted by atomic mass is 9.97. The van der Waals surface area contributed by atoms with Crippen LogP contribution in [0.2, 0.25) is 0 Å². The molecule has 2 heterocycles. The van der Waals surface area contributed by atoms with E-state index in [2.05, 4.69) is 4.99 Å². The molecule has 0 atom stereocenters. The van der Waals surface area contributed by atoms with Gasteiger partial charge in [0, 0.05) is 31.7 Å². The second-order valence-electron chi connectivity index (χ2n) is 9.03. The van der Waals surface area contributed by atoms with Crippen molar-refractivity contribution in [1.82, 2.24) is 8.87 Å². The zero-order valence-electron chi connectivity index (χ0n) is 19.9. The Hall–Kier alpha value is -3.03. The van der Waals surface area contributed by atoms with E-state index in [1.165, 1.54) is 4.31 Å². The van der Waals surface area contributed by atoms with Gasteiger partial charge in [0.15, 0.2) is 0 Å². The number of nitrogens with zero attached hydrogens (tertiary/aromatic N) is 3. The monoisotopic (exact) mass is 477 g/mol. The zero-order chi connectivity index (χ0) is 24.3. The fourth-order valence-electron chi connectivity index (χ4n) is 4.73. The maximum Gasteiger partial charge on any atom is 0.250 e. The summed E-state index contributed by atoms with van der Waals surface area (Å²) in [5, 5.41) is 0. The fraction of sp³-hybridized carbons (Fsp3) is 0.333. The van der Waals surface area contributed by atoms with Gasteiger partial charge in [-0.05, 0) is 62.4 Å². The van der Waals surface area contributed by atoms with Gasteiger partial charge in [0.2, 0.25) is 10.0 Å². The zero-order valence-corrected chi connectivity index (χ0v) is 20.8. The standard InChI is InChI=1S/C27H31N3O3S/c1-20-17-21(2)26(22(3)18-20)34(32,33)30-15-12-24(13-16-30)27(31)28-25-11-7-8-14-29(25)19-23-9-5-4-6-10-23/h4-11,14,17-18,24H,12-13,15-16,19H2,1-3H3. The van der Waals surface area contributed by atoms with Gasteiger partial charge in [-0.15, -0.1) is 0 Å². The molecule has 178 valence electrons. The van der Waals surface area contributed by atoms with Crippen molar-refractivity contribution >= 4 is 15.9 Å². The molecular formula is C27H31N3O3S. The van der Waals surface area contributed by atoms with Crippen molar-refractivity contribution in [3.8, 4) is 0 Å². The summed E-state index contributed by atoms with van der Waals surface area (Å²) in [7, 11) is -3.60. The number of rotatable bonds is 5. The Morgan fingerprint density at radius 2 is 1.56 bits per heavy atom. The van der Waals surface area contributed by atoms with Gasteiger partial charge in [0.25, 0.3) is 5.91 Å². The molecule has 1 saturated heterocycles. The predicted octanol–water partition coefficient (Wildman–Crippen LogP) is 3.99. The van der Waals surface area contributed by atoms with Crippen molar-refractivity contribution in [3.05, 3.63) is 94.6 Å². The molecule has 1 aliphatic rings. The third kappa shape index (κ3) is 5.21. The number of hydrogen-bond donors (Lipinski definition) is 0. The smallest absolute Gasteiger partial charge is 0.250 e. The summed E-state index contributed by atoms with van der Waals surface area (Å²) in [6.45, 7) is 6.91. The molecule has 0 radical (unpaired) electrons. The van der Waals surface area contributed by atoms with Gasteiger partial charge in [-0.1, -0.05) is 54.1 Å². The molecule has 7 heteroatoms. The SMILES string of the molecule is Cc1cc(C)c(S(=O)(=O)N2CCC(C(=O)N=c3ccccn3Cc3ccccc3)CC2)c(C)c1. The lowest BCUT2D eigenvalue weighted by molar-refractivity contribution is -0.122. The van der Waals surface area contributed by atoms with E-state index in [4.69, 9.17) is 0 Å². The lowest BCUT2D eigenvalue weighted by Crippen LogP contribution is -2.40. The summed E-state index contributed by atoms with van der Waals surface area (Å²) in [6, 6.07) is 19.5. The van der Waals surface area contributed by atoms with Crippen LogP contribution in [0.5, 0.6) is 0 Å². The van der Waals surface area contributed by atoms with Crippen molar-refractivity contribution in [2.24, 2.45) is 10.9 Å². The number of piperidine rings is 1. The summed E-state index contributed by atoms with van der Waals surface area (Å²) in [4.78, 5) is 17.8. The van der Waals surface area contributed by atoms with Gasteiger partial charge in [-0.25, -0.2) is 8.42 Å². The largest absolute Gasteiger partial charge is 0.328 e. The first-order chi connectivity index (χ1) is 16.3. The topological polar surface area (TPSA) is 71.7 Å². The van der Waals surface area contributed by atoms with E-state index >= 15 is 0 Å². The molecule has 0 bridgehead atoms. The quantitative estimate of drug-likeness (QED) is 0.558. The van der Waals surface area contributed by atoms with Crippen molar-refractivity contribution in [2.75, 3.05) is 13.1 Å². The first kappa shape index (κ1) is 24.1. The van der Waals surface area contributed by atoms with Crippen molar-refractivity contribution in [3.63, 3.8) is 0 Å². The van der Waals surface area contributed by atoms with E-state index < -0.39 is 10.0 Å². The minimum Gasteiger partial charge on any atom is -0.328 e. The first-order valence-corrected chi connectivity index (χ1v) is 13.1. The summed E-state index contributed by atoms with van der Waals surface area (Å²) in [6.07, 6.45) is 2.86. The van der Waals surface area contributed by atoms with Crippen molar-refractivity contribution in [2.45, 2.75) is 45.1 Å². The van der Waals surface area contributed by atoms with Gasteiger partial charge in [0.1, 0.15) is 5.49 Å². The molecule has 1 fully saturated rings. The Kier molecular flexibility index (Phi) is 7.14. The number of pyridine rings is 1. The number of aryl methyl sites for hydroxylation is 3. The van der Waals surface area contributed by atoms with Gasteiger partial charge >= 0.3 is 0 Å². The Bertz CT molecular complexity index is 1330. The third-order valence-corrected chi connectivity index (χ3v) is 8.55. The number of sulfonamides is 1. The van der Waals surface area contributed by atoms with Crippen molar-refractivity contribution < 1.29 is 13.2 Å². The van der Waals surface area contributed by atoms with E-state index in [1.807, 2.05) is 92.2 Å². The Balaban J connectivity index is 1.48. The van der Waals surface area contributed by atoms with Crippen LogP contribution in [0, 0.1) is 26.7 Å². The maximum atomic E-state index is 13.3. The summed E-state index contributed by atoms with van der Waals surface area (Å²) in [5.74, 6) is -0.468. The van der Waals surface area contributed by atoms with Gasteiger partial charge < -0.3 is 4.57 Å². The van der Waals surface area contributed by atoms with E-state index in [0.29, 0.717) is 42.9 Å². The minimum atomic E-state index is -3.60. The molecular weight excluding hydrogens is 446 g/mol. The van der Waals surface area contributed by atoms with E-state index in [9.17, 15) is 13.2 Å². The highest BCUT2D eigenvalue weighted by Crippen LogP contribution is 2.29. The Morgan fingerprint density at radius 3 is 2.21 bits per heavy atom. The van der Waals surface area contributed by atoms with Gasteiger partial charge in [-0.3, -0.25) is 4.79 Å². The molecule has 1 aliphatic heterocycles. The van der Waals surface area contributed by atoms with Crippen LogP contribution in [0.1, 0.15) is 35.1 Å². The summed E-state index contributed by atoms with van der Waals surface area (Å²) >= 11 is 0. The third-order valence-electron chi connectivity index (χ3n) is 6.34. The average Bonchev–Trinajstić information content (AvgIpc) is 2.80. The number of amides is 1. The van der Waals surface area contributed by atoms with E-state index in [0.717, 1.165) is 22.3 Å². The van der Waals surface area contributed by atoms with Gasteiger partial charge in [0.05, 0.1) is 4.90 Å². The van der Waals surface area contributed by atoms with Crippen LogP contribution >= 0.6 is 0 Å². The summed E-state index contributed by atoms with van der Waals surface area (Å²) < 4.78 is 30.1.